The van der Waals surface area contributed by atoms with Crippen LogP contribution in [0, 0.1) is 5.82 Å². The van der Waals surface area contributed by atoms with Crippen LogP contribution in [0.2, 0.25) is 0 Å². The number of hydrogen-bond donors (Lipinski definition) is 1. The van der Waals surface area contributed by atoms with Crippen LogP contribution in [-0.4, -0.2) is 37.7 Å². The molecule has 10 heteroatoms. The number of aromatic nitrogens is 4. The van der Waals surface area contributed by atoms with E-state index >= 15 is 0 Å². The number of hydrogen-bond acceptors (Lipinski definition) is 5. The minimum absolute atomic E-state index is 0.227. The summed E-state index contributed by atoms with van der Waals surface area (Å²) in [4.78, 5) is 44.3. The van der Waals surface area contributed by atoms with E-state index in [-0.39, 0.29) is 11.2 Å². The number of piperidine rings is 1. The number of benzene rings is 1. The Morgan fingerprint density at radius 3 is 2.63 bits per heavy atom. The highest BCUT2D eigenvalue weighted by molar-refractivity contribution is 5.94. The van der Waals surface area contributed by atoms with E-state index in [0.29, 0.717) is 5.69 Å². The number of nitrogens with zero attached hydrogens (tertiary/aromatic N) is 5. The van der Waals surface area contributed by atoms with Crippen molar-refractivity contribution in [3.63, 3.8) is 0 Å². The molecule has 0 saturated carbocycles. The zero-order valence-corrected chi connectivity index (χ0v) is 16.9. The lowest BCUT2D eigenvalue weighted by molar-refractivity contribution is -0.116. The molecule has 1 fully saturated rings. The van der Waals surface area contributed by atoms with Gasteiger partial charge in [-0.25, -0.2) is 18.7 Å². The second-order valence-electron chi connectivity index (χ2n) is 7.52. The highest BCUT2D eigenvalue weighted by Crippen LogP contribution is 2.29. The van der Waals surface area contributed by atoms with Gasteiger partial charge in [-0.15, -0.1) is 0 Å². The molecule has 1 aliphatic rings. The molecule has 3 aromatic rings. The highest BCUT2D eigenvalue weighted by atomic mass is 19.1. The molecular weight excluding hydrogens is 391 g/mol. The van der Waals surface area contributed by atoms with Crippen molar-refractivity contribution in [3.05, 3.63) is 51.2 Å². The van der Waals surface area contributed by atoms with Gasteiger partial charge in [-0.05, 0) is 37.5 Å². The number of rotatable bonds is 4. The minimum Gasteiger partial charge on any atom is -0.370 e. The molecule has 158 valence electrons. The molecule has 3 heterocycles. The van der Waals surface area contributed by atoms with E-state index in [9.17, 15) is 18.8 Å². The number of carbonyl (C=O) groups is 1. The predicted octanol–water partition coefficient (Wildman–Crippen LogP) is 1.20. The molecule has 1 aromatic carbocycles. The van der Waals surface area contributed by atoms with Crippen LogP contribution < -0.4 is 21.5 Å². The van der Waals surface area contributed by atoms with Gasteiger partial charge in [0.2, 0.25) is 5.91 Å². The Balaban J connectivity index is 1.65. The molecule has 4 rings (SSSR count). The summed E-state index contributed by atoms with van der Waals surface area (Å²) in [6.45, 7) is 1.17. The molecule has 30 heavy (non-hydrogen) atoms. The van der Waals surface area contributed by atoms with Gasteiger partial charge in [0, 0.05) is 27.2 Å². The Morgan fingerprint density at radius 2 is 1.90 bits per heavy atom. The molecule has 1 N–H and O–H groups in total. The molecular formula is C20H23FN6O3. The fraction of sp³-hybridized carbons (Fsp3) is 0.400. The predicted molar refractivity (Wildman–Crippen MR) is 111 cm³/mol. The first-order chi connectivity index (χ1) is 14.4. The minimum atomic E-state index is -0.642. The summed E-state index contributed by atoms with van der Waals surface area (Å²) in [5.74, 6) is -1.06. The van der Waals surface area contributed by atoms with E-state index in [1.165, 1.54) is 34.6 Å². The molecule has 0 spiro atoms. The third-order valence-corrected chi connectivity index (χ3v) is 5.43. The Bertz CT molecular complexity index is 1240. The molecule has 2 aromatic heterocycles. The number of halogens is 1. The van der Waals surface area contributed by atoms with Crippen molar-refractivity contribution in [1.29, 1.82) is 0 Å². The summed E-state index contributed by atoms with van der Waals surface area (Å²) < 4.78 is 17.5. The molecule has 0 atom stereocenters. The maximum Gasteiger partial charge on any atom is 0.332 e. The third-order valence-electron chi connectivity index (χ3n) is 5.43. The fourth-order valence-corrected chi connectivity index (χ4v) is 3.89. The van der Waals surface area contributed by atoms with Crippen molar-refractivity contribution in [3.8, 4) is 0 Å². The van der Waals surface area contributed by atoms with Crippen LogP contribution in [0.1, 0.15) is 19.3 Å². The van der Waals surface area contributed by atoms with E-state index in [0.717, 1.165) is 42.6 Å². The molecule has 0 unspecified atom stereocenters. The third kappa shape index (κ3) is 3.49. The van der Waals surface area contributed by atoms with Crippen LogP contribution in [0.25, 0.3) is 11.2 Å². The lowest BCUT2D eigenvalue weighted by atomic mass is 10.1. The zero-order chi connectivity index (χ0) is 21.4. The van der Waals surface area contributed by atoms with E-state index in [1.807, 2.05) is 0 Å². The monoisotopic (exact) mass is 414 g/mol. The highest BCUT2D eigenvalue weighted by Gasteiger charge is 2.19. The largest absolute Gasteiger partial charge is 0.370 e. The second-order valence-corrected chi connectivity index (χ2v) is 7.52. The lowest BCUT2D eigenvalue weighted by Crippen LogP contribution is -2.42. The Kier molecular flexibility index (Phi) is 5.15. The number of carbonyl (C=O) groups excluding carboxylic acids is 1. The molecule has 0 bridgehead atoms. The smallest absolute Gasteiger partial charge is 0.332 e. The maximum absolute atomic E-state index is 13.9. The Hall–Kier alpha value is -3.43. The van der Waals surface area contributed by atoms with Crippen molar-refractivity contribution in [2.45, 2.75) is 25.8 Å². The van der Waals surface area contributed by atoms with Crippen LogP contribution in [0.15, 0.2) is 34.1 Å². The number of imidazole rings is 1. The summed E-state index contributed by atoms with van der Waals surface area (Å²) in [7, 11) is 3.13. The van der Waals surface area contributed by atoms with Crippen LogP contribution in [0.3, 0.4) is 0 Å². The van der Waals surface area contributed by atoms with Gasteiger partial charge in [0.05, 0.1) is 17.7 Å². The van der Waals surface area contributed by atoms with Gasteiger partial charge in [-0.3, -0.25) is 14.2 Å². The van der Waals surface area contributed by atoms with Crippen LogP contribution in [-0.2, 0) is 25.4 Å². The first-order valence-corrected chi connectivity index (χ1v) is 9.82. The van der Waals surface area contributed by atoms with E-state index < -0.39 is 29.5 Å². The second kappa shape index (κ2) is 7.77. The summed E-state index contributed by atoms with van der Waals surface area (Å²) in [5, 5.41) is 2.68. The van der Waals surface area contributed by atoms with Crippen molar-refractivity contribution in [1.82, 2.24) is 18.7 Å². The van der Waals surface area contributed by atoms with Gasteiger partial charge in [-0.2, -0.15) is 0 Å². The molecule has 0 radical (unpaired) electrons. The number of nitrogens with one attached hydrogen (secondary N) is 1. The van der Waals surface area contributed by atoms with Crippen molar-refractivity contribution in [2.75, 3.05) is 23.3 Å². The van der Waals surface area contributed by atoms with E-state index in [1.54, 1.807) is 13.1 Å². The maximum atomic E-state index is 13.9. The lowest BCUT2D eigenvalue weighted by Gasteiger charge is -2.30. The van der Waals surface area contributed by atoms with Gasteiger partial charge >= 0.3 is 5.69 Å². The van der Waals surface area contributed by atoms with Crippen molar-refractivity contribution >= 4 is 28.4 Å². The van der Waals surface area contributed by atoms with Crippen LogP contribution in [0.5, 0.6) is 0 Å². The van der Waals surface area contributed by atoms with Gasteiger partial charge in [-0.1, -0.05) is 0 Å². The number of anilines is 2. The summed E-state index contributed by atoms with van der Waals surface area (Å²) in [6.07, 6.45) is 4.64. The first-order valence-electron chi connectivity index (χ1n) is 9.82. The van der Waals surface area contributed by atoms with Crippen molar-refractivity contribution in [2.24, 2.45) is 14.1 Å². The average molecular weight is 414 g/mol. The van der Waals surface area contributed by atoms with Gasteiger partial charge in [0.15, 0.2) is 11.2 Å². The summed E-state index contributed by atoms with van der Waals surface area (Å²) >= 11 is 0. The number of fused-ring (bicyclic) bond motifs is 1. The summed E-state index contributed by atoms with van der Waals surface area (Å²) in [5.41, 5.74) is 0.294. The van der Waals surface area contributed by atoms with Crippen LogP contribution in [0.4, 0.5) is 15.8 Å². The molecule has 0 aliphatic carbocycles. The normalized spacial score (nSPS) is 14.3. The topological polar surface area (TPSA) is 94.2 Å². The van der Waals surface area contributed by atoms with Gasteiger partial charge < -0.3 is 14.8 Å². The number of amides is 1. The van der Waals surface area contributed by atoms with E-state index in [4.69, 9.17) is 0 Å². The molecule has 1 aliphatic heterocycles. The summed E-state index contributed by atoms with van der Waals surface area (Å²) in [6, 6.07) is 4.26. The average Bonchev–Trinajstić information content (AvgIpc) is 3.12. The number of aryl methyl sites for hydroxylation is 2. The first kappa shape index (κ1) is 19.9. The Morgan fingerprint density at radius 1 is 1.17 bits per heavy atom. The Labute approximate surface area is 171 Å². The quantitative estimate of drug-likeness (QED) is 0.692. The zero-order valence-electron chi connectivity index (χ0n) is 16.9. The van der Waals surface area contributed by atoms with Gasteiger partial charge in [0.1, 0.15) is 12.4 Å². The SMILES string of the molecule is Cn1cnc2c1c(=O)n(CC(=O)Nc1cc(F)ccc1N1CCCCC1)c(=O)n2C. The van der Waals surface area contributed by atoms with Gasteiger partial charge in [0.25, 0.3) is 5.56 Å². The standard InChI is InChI=1S/C20H23FN6O3/c1-24-12-22-18-17(24)19(29)27(20(30)25(18)2)11-16(28)23-14-10-13(21)6-7-15(14)26-8-4-3-5-9-26/h6-7,10,12H,3-5,8-9,11H2,1-2H3,(H,23,28). The molecule has 1 amide bonds. The van der Waals surface area contributed by atoms with Crippen molar-refractivity contribution < 1.29 is 9.18 Å². The van der Waals surface area contributed by atoms with Crippen LogP contribution >= 0.6 is 0 Å². The van der Waals surface area contributed by atoms with E-state index in [2.05, 4.69) is 15.2 Å². The fourth-order valence-electron chi connectivity index (χ4n) is 3.89. The molecule has 1 saturated heterocycles. The molecule has 9 nitrogen and oxygen atoms in total.